The lowest BCUT2D eigenvalue weighted by Crippen LogP contribution is -2.15. The highest BCUT2D eigenvalue weighted by molar-refractivity contribution is 7.93. The number of ether oxygens (including phenoxy) is 1. The lowest BCUT2D eigenvalue weighted by Gasteiger charge is -2.10. The van der Waals surface area contributed by atoms with Crippen LogP contribution in [-0.2, 0) is 21.4 Å². The smallest absolute Gasteiger partial charge is 0.264 e. The molecule has 0 bridgehead atoms. The Labute approximate surface area is 133 Å². The van der Waals surface area contributed by atoms with Crippen molar-refractivity contribution in [3.8, 4) is 0 Å². The number of sulfonamides is 1. The van der Waals surface area contributed by atoms with Crippen molar-refractivity contribution < 1.29 is 17.9 Å². The number of benzene rings is 1. The number of thiazole rings is 1. The number of nitrogens with zero attached hydrogens (tertiary/aromatic N) is 1. The molecular formula is C14H16N2O4S2. The van der Waals surface area contributed by atoms with Crippen molar-refractivity contribution in [2.24, 2.45) is 0 Å². The predicted molar refractivity (Wildman–Crippen MR) is 84.8 cm³/mol. The number of carbonyl (C=O) groups excluding carboxylic acids is 1. The second-order valence-electron chi connectivity index (χ2n) is 4.63. The van der Waals surface area contributed by atoms with Gasteiger partial charge in [0.1, 0.15) is 5.69 Å². The minimum atomic E-state index is -3.79. The average Bonchev–Trinajstić information content (AvgIpc) is 2.80. The number of nitrogens with one attached hydrogen (secondary N) is 1. The molecule has 0 atom stereocenters. The molecule has 118 valence electrons. The van der Waals surface area contributed by atoms with Gasteiger partial charge in [0, 0.05) is 18.9 Å². The van der Waals surface area contributed by atoms with Crippen molar-refractivity contribution >= 4 is 32.3 Å². The second-order valence-corrected chi connectivity index (χ2v) is 7.48. The summed E-state index contributed by atoms with van der Waals surface area (Å²) in [7, 11) is -2.29. The van der Waals surface area contributed by atoms with Crippen molar-refractivity contribution in [2.75, 3.05) is 11.8 Å². The lowest BCUT2D eigenvalue weighted by molar-refractivity contribution is 0.101. The summed E-state index contributed by atoms with van der Waals surface area (Å²) in [5, 5.41) is 0.176. The van der Waals surface area contributed by atoms with Gasteiger partial charge in [-0.2, -0.15) is 0 Å². The van der Waals surface area contributed by atoms with Crippen LogP contribution in [0.1, 0.15) is 27.9 Å². The Morgan fingerprint density at radius 1 is 1.36 bits per heavy atom. The molecule has 0 unspecified atom stereocenters. The fourth-order valence-corrected chi connectivity index (χ4v) is 4.30. The summed E-state index contributed by atoms with van der Waals surface area (Å²) >= 11 is 1.13. The summed E-state index contributed by atoms with van der Waals surface area (Å²) in [6.07, 6.45) is 0. The number of ketones is 1. The molecule has 6 nitrogen and oxygen atoms in total. The largest absolute Gasteiger partial charge is 0.380 e. The highest BCUT2D eigenvalue weighted by atomic mass is 32.2. The van der Waals surface area contributed by atoms with Gasteiger partial charge in [-0.25, -0.2) is 13.4 Å². The van der Waals surface area contributed by atoms with Gasteiger partial charge in [-0.3, -0.25) is 9.52 Å². The first kappa shape index (κ1) is 16.6. The SMILES string of the molecule is COCc1ccccc1S(=O)(=O)Nc1nc(C(C)=O)c(C)s1. The predicted octanol–water partition coefficient (Wildman–Crippen LogP) is 2.60. The van der Waals surface area contributed by atoms with Crippen LogP contribution in [-0.4, -0.2) is 26.3 Å². The molecule has 0 saturated heterocycles. The molecule has 2 rings (SSSR count). The molecule has 1 aromatic heterocycles. The van der Waals surface area contributed by atoms with Crippen molar-refractivity contribution in [3.63, 3.8) is 0 Å². The minimum absolute atomic E-state index is 0.133. The van der Waals surface area contributed by atoms with Crippen LogP contribution in [0.3, 0.4) is 0 Å². The van der Waals surface area contributed by atoms with Crippen LogP contribution in [0.2, 0.25) is 0 Å². The fraction of sp³-hybridized carbons (Fsp3) is 0.286. The Hall–Kier alpha value is -1.77. The van der Waals surface area contributed by atoms with Crippen LogP contribution >= 0.6 is 11.3 Å². The van der Waals surface area contributed by atoms with Gasteiger partial charge >= 0.3 is 0 Å². The third-order valence-corrected chi connectivity index (χ3v) is 5.37. The maximum absolute atomic E-state index is 12.5. The van der Waals surface area contributed by atoms with Gasteiger partial charge in [0.05, 0.1) is 11.5 Å². The van der Waals surface area contributed by atoms with Gasteiger partial charge in [-0.1, -0.05) is 18.2 Å². The molecule has 0 fully saturated rings. The lowest BCUT2D eigenvalue weighted by atomic mass is 10.2. The number of hydrogen-bond donors (Lipinski definition) is 1. The average molecular weight is 340 g/mol. The number of carbonyl (C=O) groups is 1. The van der Waals surface area contributed by atoms with E-state index in [4.69, 9.17) is 4.74 Å². The van der Waals surface area contributed by atoms with Crippen LogP contribution in [0.15, 0.2) is 29.2 Å². The zero-order valence-electron chi connectivity index (χ0n) is 12.4. The number of aromatic nitrogens is 1. The van der Waals surface area contributed by atoms with E-state index in [1.807, 2.05) is 0 Å². The zero-order valence-corrected chi connectivity index (χ0v) is 14.0. The van der Waals surface area contributed by atoms with E-state index < -0.39 is 10.0 Å². The van der Waals surface area contributed by atoms with Crippen LogP contribution < -0.4 is 4.72 Å². The number of hydrogen-bond acceptors (Lipinski definition) is 6. The van der Waals surface area contributed by atoms with Gasteiger partial charge in [-0.05, 0) is 18.6 Å². The van der Waals surface area contributed by atoms with E-state index in [1.165, 1.54) is 20.1 Å². The van der Waals surface area contributed by atoms with Crippen LogP contribution in [0.5, 0.6) is 0 Å². The third kappa shape index (κ3) is 3.52. The molecule has 0 spiro atoms. The van der Waals surface area contributed by atoms with E-state index in [-0.39, 0.29) is 28.1 Å². The molecule has 22 heavy (non-hydrogen) atoms. The van der Waals surface area contributed by atoms with Crippen molar-refractivity contribution in [2.45, 2.75) is 25.3 Å². The van der Waals surface area contributed by atoms with Gasteiger partial charge in [-0.15, -0.1) is 11.3 Å². The van der Waals surface area contributed by atoms with Gasteiger partial charge in [0.2, 0.25) is 0 Å². The van der Waals surface area contributed by atoms with Crippen molar-refractivity contribution in [3.05, 3.63) is 40.4 Å². The van der Waals surface area contributed by atoms with Crippen molar-refractivity contribution in [1.29, 1.82) is 0 Å². The Morgan fingerprint density at radius 2 is 2.05 bits per heavy atom. The Balaban J connectivity index is 2.36. The fourth-order valence-electron chi connectivity index (χ4n) is 1.98. The van der Waals surface area contributed by atoms with Gasteiger partial charge < -0.3 is 4.74 Å². The first-order valence-electron chi connectivity index (χ1n) is 6.43. The number of methoxy groups -OCH3 is 1. The highest BCUT2D eigenvalue weighted by Crippen LogP contribution is 2.26. The van der Waals surface area contributed by atoms with E-state index in [2.05, 4.69) is 9.71 Å². The molecule has 1 aromatic carbocycles. The minimum Gasteiger partial charge on any atom is -0.380 e. The molecular weight excluding hydrogens is 324 g/mol. The molecule has 0 aliphatic rings. The quantitative estimate of drug-likeness (QED) is 0.817. The van der Waals surface area contributed by atoms with Gasteiger partial charge in [0.15, 0.2) is 10.9 Å². The monoisotopic (exact) mass is 340 g/mol. The molecule has 0 aliphatic carbocycles. The highest BCUT2D eigenvalue weighted by Gasteiger charge is 2.21. The summed E-state index contributed by atoms with van der Waals surface area (Å²) in [6, 6.07) is 6.58. The Morgan fingerprint density at radius 3 is 2.64 bits per heavy atom. The van der Waals surface area contributed by atoms with E-state index in [0.717, 1.165) is 11.3 Å². The second kappa shape index (κ2) is 6.55. The maximum Gasteiger partial charge on any atom is 0.264 e. The summed E-state index contributed by atoms with van der Waals surface area (Å²) < 4.78 is 32.4. The van der Waals surface area contributed by atoms with Crippen LogP contribution in [0.25, 0.3) is 0 Å². The number of anilines is 1. The Kier molecular flexibility index (Phi) is 4.94. The Bertz CT molecular complexity index is 797. The molecule has 8 heteroatoms. The maximum atomic E-state index is 12.5. The number of rotatable bonds is 6. The molecule has 0 aliphatic heterocycles. The summed E-state index contributed by atoms with van der Waals surface area (Å²) in [5.74, 6) is -0.195. The molecule has 0 saturated carbocycles. The topological polar surface area (TPSA) is 85.4 Å². The zero-order chi connectivity index (χ0) is 16.3. The van der Waals surface area contributed by atoms with Crippen LogP contribution in [0, 0.1) is 6.92 Å². The molecule has 1 N–H and O–H groups in total. The number of Topliss-reactive ketones (excluding diaryl/α,β-unsaturated/α-hetero) is 1. The molecule has 2 aromatic rings. The van der Waals surface area contributed by atoms with E-state index in [1.54, 1.807) is 25.1 Å². The van der Waals surface area contributed by atoms with Gasteiger partial charge in [0.25, 0.3) is 10.0 Å². The van der Waals surface area contributed by atoms with E-state index in [0.29, 0.717) is 10.4 Å². The summed E-state index contributed by atoms with van der Waals surface area (Å²) in [6.45, 7) is 3.31. The first-order chi connectivity index (χ1) is 10.3. The summed E-state index contributed by atoms with van der Waals surface area (Å²) in [5.41, 5.74) is 0.838. The molecule has 1 heterocycles. The van der Waals surface area contributed by atoms with Crippen LogP contribution in [0.4, 0.5) is 5.13 Å². The standard InChI is InChI=1S/C14H16N2O4S2/c1-9(17)13-10(2)21-14(15-13)16-22(18,19)12-7-5-4-6-11(12)8-20-3/h4-7H,8H2,1-3H3,(H,15,16). The third-order valence-electron chi connectivity index (χ3n) is 2.91. The molecule has 0 amide bonds. The molecule has 0 radical (unpaired) electrons. The normalized spacial score (nSPS) is 11.4. The van der Waals surface area contributed by atoms with E-state index >= 15 is 0 Å². The van der Waals surface area contributed by atoms with E-state index in [9.17, 15) is 13.2 Å². The summed E-state index contributed by atoms with van der Waals surface area (Å²) in [4.78, 5) is 16.3. The van der Waals surface area contributed by atoms with Crippen molar-refractivity contribution in [1.82, 2.24) is 4.98 Å². The first-order valence-corrected chi connectivity index (χ1v) is 8.73. The number of aryl methyl sites for hydroxylation is 1.